The monoisotopic (exact) mass is 376 g/mol. The zero-order chi connectivity index (χ0) is 19.5. The number of hydrogen-bond acceptors (Lipinski definition) is 3. The first-order valence-corrected chi connectivity index (χ1v) is 10.2. The predicted octanol–water partition coefficient (Wildman–Crippen LogP) is 3.72. The Morgan fingerprint density at radius 2 is 2.00 bits per heavy atom. The third-order valence-electron chi connectivity index (χ3n) is 5.44. The number of benzene rings is 1. The van der Waals surface area contributed by atoms with E-state index in [1.54, 1.807) is 0 Å². The molecule has 1 aromatic carbocycles. The number of carbonyl (C=O) groups is 1. The molecule has 0 radical (unpaired) electrons. The van der Waals surface area contributed by atoms with Gasteiger partial charge in [-0.2, -0.15) is 0 Å². The molecule has 1 saturated heterocycles. The molecular formula is C23H28N4O. The summed E-state index contributed by atoms with van der Waals surface area (Å²) in [5.74, 6) is 2.32. The van der Waals surface area contributed by atoms with Gasteiger partial charge in [-0.1, -0.05) is 44.2 Å². The van der Waals surface area contributed by atoms with Crippen molar-refractivity contribution in [1.82, 2.24) is 19.4 Å². The lowest BCUT2D eigenvalue weighted by Gasteiger charge is -2.17. The number of pyridine rings is 1. The highest BCUT2D eigenvalue weighted by atomic mass is 16.2. The standard InChI is InChI=1S/C23H28N4O/c1-17(2)15-27-21(25-20-9-6-11-24-23(20)27)13-19-10-12-26(16-19)22(28)14-18-7-4-3-5-8-18/h3-9,11,17,19H,10,12-16H2,1-2H3/t19-/m0/s1. The first-order chi connectivity index (χ1) is 13.6. The smallest absolute Gasteiger partial charge is 0.226 e. The van der Waals surface area contributed by atoms with Gasteiger partial charge in [-0.3, -0.25) is 4.79 Å². The van der Waals surface area contributed by atoms with E-state index in [9.17, 15) is 4.79 Å². The highest BCUT2D eigenvalue weighted by Gasteiger charge is 2.28. The number of likely N-dealkylation sites (tertiary alicyclic amines) is 1. The fourth-order valence-electron chi connectivity index (χ4n) is 4.08. The van der Waals surface area contributed by atoms with Gasteiger partial charge in [-0.15, -0.1) is 0 Å². The van der Waals surface area contributed by atoms with Crippen LogP contribution >= 0.6 is 0 Å². The summed E-state index contributed by atoms with van der Waals surface area (Å²) in [4.78, 5) is 24.1. The van der Waals surface area contributed by atoms with Gasteiger partial charge in [-0.05, 0) is 36.0 Å². The van der Waals surface area contributed by atoms with Crippen molar-refractivity contribution >= 4 is 17.1 Å². The highest BCUT2D eigenvalue weighted by molar-refractivity contribution is 5.79. The zero-order valence-electron chi connectivity index (χ0n) is 16.7. The van der Waals surface area contributed by atoms with Crippen molar-refractivity contribution < 1.29 is 4.79 Å². The molecule has 4 rings (SSSR count). The number of hydrogen-bond donors (Lipinski definition) is 0. The van der Waals surface area contributed by atoms with Gasteiger partial charge < -0.3 is 9.47 Å². The van der Waals surface area contributed by atoms with Crippen LogP contribution in [0.4, 0.5) is 0 Å². The number of carbonyl (C=O) groups excluding carboxylic acids is 1. The maximum absolute atomic E-state index is 12.7. The van der Waals surface area contributed by atoms with E-state index in [4.69, 9.17) is 4.98 Å². The minimum absolute atomic E-state index is 0.228. The van der Waals surface area contributed by atoms with Crippen molar-refractivity contribution in [3.8, 4) is 0 Å². The Bertz CT molecular complexity index is 948. The van der Waals surface area contributed by atoms with E-state index in [2.05, 4.69) is 23.4 Å². The Hall–Kier alpha value is -2.69. The average molecular weight is 377 g/mol. The molecule has 3 aromatic rings. The Morgan fingerprint density at radius 3 is 2.79 bits per heavy atom. The normalized spacial score (nSPS) is 17.0. The number of fused-ring (bicyclic) bond motifs is 1. The van der Waals surface area contributed by atoms with Crippen molar-refractivity contribution in [3.05, 3.63) is 60.0 Å². The molecule has 146 valence electrons. The molecule has 0 spiro atoms. The molecule has 28 heavy (non-hydrogen) atoms. The van der Waals surface area contributed by atoms with Crippen LogP contribution in [0.3, 0.4) is 0 Å². The Labute approximate surface area is 166 Å². The third kappa shape index (κ3) is 4.08. The molecule has 5 nitrogen and oxygen atoms in total. The average Bonchev–Trinajstić information content (AvgIpc) is 3.28. The number of aromatic nitrogens is 3. The van der Waals surface area contributed by atoms with Crippen LogP contribution in [-0.4, -0.2) is 38.4 Å². The van der Waals surface area contributed by atoms with Crippen molar-refractivity contribution in [1.29, 1.82) is 0 Å². The number of nitrogens with zero attached hydrogens (tertiary/aromatic N) is 4. The summed E-state index contributed by atoms with van der Waals surface area (Å²) < 4.78 is 2.27. The summed E-state index contributed by atoms with van der Waals surface area (Å²) in [6.07, 6.45) is 4.27. The van der Waals surface area contributed by atoms with Crippen LogP contribution < -0.4 is 0 Å². The maximum atomic E-state index is 12.7. The van der Waals surface area contributed by atoms with Gasteiger partial charge in [0.2, 0.25) is 5.91 Å². The van der Waals surface area contributed by atoms with Crippen LogP contribution in [0, 0.1) is 11.8 Å². The fourth-order valence-corrected chi connectivity index (χ4v) is 4.08. The largest absolute Gasteiger partial charge is 0.342 e. The van der Waals surface area contributed by atoms with Crippen LogP contribution in [0.2, 0.25) is 0 Å². The quantitative estimate of drug-likeness (QED) is 0.659. The summed E-state index contributed by atoms with van der Waals surface area (Å²) in [5, 5.41) is 0. The Morgan fingerprint density at radius 1 is 1.18 bits per heavy atom. The second-order valence-corrected chi connectivity index (χ2v) is 8.24. The van der Waals surface area contributed by atoms with Crippen LogP contribution in [-0.2, 0) is 24.2 Å². The fraction of sp³-hybridized carbons (Fsp3) is 0.435. The first kappa shape index (κ1) is 18.7. The predicted molar refractivity (Wildman–Crippen MR) is 111 cm³/mol. The lowest BCUT2D eigenvalue weighted by molar-refractivity contribution is -0.129. The topological polar surface area (TPSA) is 51.0 Å². The molecule has 0 aliphatic carbocycles. The number of rotatable bonds is 6. The van der Waals surface area contributed by atoms with Crippen molar-refractivity contribution in [3.63, 3.8) is 0 Å². The Kier molecular flexibility index (Phi) is 5.42. The first-order valence-electron chi connectivity index (χ1n) is 10.2. The van der Waals surface area contributed by atoms with E-state index >= 15 is 0 Å². The number of amides is 1. The molecule has 2 aromatic heterocycles. The number of imidazole rings is 1. The molecule has 5 heteroatoms. The van der Waals surface area contributed by atoms with Gasteiger partial charge in [0.15, 0.2) is 5.65 Å². The SMILES string of the molecule is CC(C)Cn1c(C[C@@H]2CCN(C(=O)Cc3ccccc3)C2)nc2cccnc21. The lowest BCUT2D eigenvalue weighted by Crippen LogP contribution is -2.30. The van der Waals surface area contributed by atoms with Crippen molar-refractivity contribution in [2.24, 2.45) is 11.8 Å². The van der Waals surface area contributed by atoms with Gasteiger partial charge in [0.1, 0.15) is 11.3 Å². The van der Waals surface area contributed by atoms with Crippen molar-refractivity contribution in [2.45, 2.75) is 39.7 Å². The minimum Gasteiger partial charge on any atom is -0.342 e. The molecule has 1 amide bonds. The molecule has 1 aliphatic heterocycles. The van der Waals surface area contributed by atoms with Gasteiger partial charge in [0, 0.05) is 32.3 Å². The molecular weight excluding hydrogens is 348 g/mol. The molecule has 1 aliphatic rings. The molecule has 0 N–H and O–H groups in total. The third-order valence-corrected chi connectivity index (χ3v) is 5.44. The van der Waals surface area contributed by atoms with Gasteiger partial charge >= 0.3 is 0 Å². The second-order valence-electron chi connectivity index (χ2n) is 8.24. The summed E-state index contributed by atoms with van der Waals surface area (Å²) >= 11 is 0. The van der Waals surface area contributed by atoms with E-state index < -0.39 is 0 Å². The van der Waals surface area contributed by atoms with Crippen LogP contribution in [0.1, 0.15) is 31.7 Å². The van der Waals surface area contributed by atoms with Gasteiger partial charge in [0.05, 0.1) is 6.42 Å². The molecule has 3 heterocycles. The van der Waals surface area contributed by atoms with Crippen LogP contribution in [0.15, 0.2) is 48.7 Å². The second kappa shape index (κ2) is 8.13. The van der Waals surface area contributed by atoms with E-state index in [0.717, 1.165) is 55.0 Å². The highest BCUT2D eigenvalue weighted by Crippen LogP contribution is 2.24. The van der Waals surface area contributed by atoms with E-state index in [1.165, 1.54) is 0 Å². The summed E-state index contributed by atoms with van der Waals surface area (Å²) in [7, 11) is 0. The summed E-state index contributed by atoms with van der Waals surface area (Å²) in [6.45, 7) is 7.03. The molecule has 0 saturated carbocycles. The molecule has 1 atom stereocenters. The molecule has 0 bridgehead atoms. The molecule has 1 fully saturated rings. The maximum Gasteiger partial charge on any atom is 0.226 e. The minimum atomic E-state index is 0.228. The van der Waals surface area contributed by atoms with Gasteiger partial charge in [-0.25, -0.2) is 9.97 Å². The van der Waals surface area contributed by atoms with Crippen molar-refractivity contribution in [2.75, 3.05) is 13.1 Å². The van der Waals surface area contributed by atoms with E-state index in [-0.39, 0.29) is 5.91 Å². The van der Waals surface area contributed by atoms with Crippen LogP contribution in [0.25, 0.3) is 11.2 Å². The summed E-state index contributed by atoms with van der Waals surface area (Å²) in [5.41, 5.74) is 3.02. The van der Waals surface area contributed by atoms with E-state index in [1.807, 2.05) is 53.6 Å². The molecule has 0 unspecified atom stereocenters. The van der Waals surface area contributed by atoms with Gasteiger partial charge in [0.25, 0.3) is 0 Å². The Balaban J connectivity index is 1.45. The lowest BCUT2D eigenvalue weighted by atomic mass is 10.0. The zero-order valence-corrected chi connectivity index (χ0v) is 16.7. The summed E-state index contributed by atoms with van der Waals surface area (Å²) in [6, 6.07) is 14.0. The van der Waals surface area contributed by atoms with E-state index in [0.29, 0.717) is 18.3 Å². The van der Waals surface area contributed by atoms with Crippen LogP contribution in [0.5, 0.6) is 0 Å².